The second-order valence-electron chi connectivity index (χ2n) is 6.83. The summed E-state index contributed by atoms with van der Waals surface area (Å²) in [5, 5.41) is 0. The van der Waals surface area contributed by atoms with E-state index in [0.717, 1.165) is 33.9 Å². The standard InChI is InChI=1S/C20H24N2O4/c1-12(6-14(3)26-20(21)23)10-24-16-4-5-17-18-7-13(2)22-9-15(18)11-25-19(17)8-16/h4-5,7-9,12,14H,6,10-11H2,1-3H3,(H2,21,23). The molecule has 0 aliphatic carbocycles. The van der Waals surface area contributed by atoms with Gasteiger partial charge in [0.1, 0.15) is 24.2 Å². The third-order valence-electron chi connectivity index (χ3n) is 4.34. The van der Waals surface area contributed by atoms with Gasteiger partial charge in [0, 0.05) is 29.1 Å². The Morgan fingerprint density at radius 1 is 1.31 bits per heavy atom. The minimum Gasteiger partial charge on any atom is -0.493 e. The molecule has 0 spiro atoms. The van der Waals surface area contributed by atoms with Crippen molar-refractivity contribution in [1.29, 1.82) is 0 Å². The molecule has 0 saturated carbocycles. The number of ether oxygens (including phenoxy) is 3. The summed E-state index contributed by atoms with van der Waals surface area (Å²) in [7, 11) is 0. The van der Waals surface area contributed by atoms with E-state index in [1.165, 1.54) is 0 Å². The van der Waals surface area contributed by atoms with Crippen molar-refractivity contribution in [2.24, 2.45) is 11.7 Å². The second-order valence-corrected chi connectivity index (χ2v) is 6.83. The first kappa shape index (κ1) is 18.0. The third-order valence-corrected chi connectivity index (χ3v) is 4.34. The Morgan fingerprint density at radius 2 is 2.12 bits per heavy atom. The number of benzene rings is 1. The van der Waals surface area contributed by atoms with Gasteiger partial charge in [-0.2, -0.15) is 0 Å². The van der Waals surface area contributed by atoms with Crippen LogP contribution in [0.1, 0.15) is 31.5 Å². The summed E-state index contributed by atoms with van der Waals surface area (Å²) in [6.45, 7) is 6.88. The van der Waals surface area contributed by atoms with Crippen molar-refractivity contribution in [3.63, 3.8) is 0 Å². The van der Waals surface area contributed by atoms with Crippen LogP contribution in [0.4, 0.5) is 4.79 Å². The number of nitrogens with zero attached hydrogens (tertiary/aromatic N) is 1. The Hall–Kier alpha value is -2.76. The fourth-order valence-corrected chi connectivity index (χ4v) is 3.16. The number of aryl methyl sites for hydroxylation is 1. The molecular weight excluding hydrogens is 332 g/mol. The molecule has 0 bridgehead atoms. The fraction of sp³-hybridized carbons (Fsp3) is 0.400. The number of carbonyl (C=O) groups excluding carboxylic acids is 1. The lowest BCUT2D eigenvalue weighted by atomic mass is 9.98. The van der Waals surface area contributed by atoms with Gasteiger partial charge in [0.2, 0.25) is 0 Å². The summed E-state index contributed by atoms with van der Waals surface area (Å²) >= 11 is 0. The van der Waals surface area contributed by atoms with E-state index < -0.39 is 6.09 Å². The first-order valence-electron chi connectivity index (χ1n) is 8.74. The number of pyridine rings is 1. The smallest absolute Gasteiger partial charge is 0.404 e. The van der Waals surface area contributed by atoms with Gasteiger partial charge in [-0.05, 0) is 49.9 Å². The van der Waals surface area contributed by atoms with Gasteiger partial charge in [-0.1, -0.05) is 6.92 Å². The van der Waals surface area contributed by atoms with Gasteiger partial charge in [0.25, 0.3) is 0 Å². The number of hydrogen-bond donors (Lipinski definition) is 1. The Labute approximate surface area is 153 Å². The van der Waals surface area contributed by atoms with Crippen LogP contribution in [-0.4, -0.2) is 23.8 Å². The van der Waals surface area contributed by atoms with E-state index in [1.807, 2.05) is 45.2 Å². The number of hydrogen-bond acceptors (Lipinski definition) is 5. The van der Waals surface area contributed by atoms with Gasteiger partial charge >= 0.3 is 6.09 Å². The molecule has 26 heavy (non-hydrogen) atoms. The number of carbonyl (C=O) groups is 1. The van der Waals surface area contributed by atoms with Crippen molar-refractivity contribution in [1.82, 2.24) is 4.98 Å². The quantitative estimate of drug-likeness (QED) is 0.850. The van der Waals surface area contributed by atoms with Crippen LogP contribution < -0.4 is 15.2 Å². The molecule has 6 nitrogen and oxygen atoms in total. The summed E-state index contributed by atoms with van der Waals surface area (Å²) in [6, 6.07) is 7.97. The minimum absolute atomic E-state index is 0.218. The molecule has 1 aliphatic rings. The molecule has 138 valence electrons. The van der Waals surface area contributed by atoms with Crippen LogP contribution in [0.25, 0.3) is 11.1 Å². The van der Waals surface area contributed by atoms with E-state index in [0.29, 0.717) is 19.6 Å². The largest absolute Gasteiger partial charge is 0.493 e. The first-order valence-corrected chi connectivity index (χ1v) is 8.74. The Kier molecular flexibility index (Phi) is 5.30. The van der Waals surface area contributed by atoms with Crippen molar-refractivity contribution in [2.45, 2.75) is 39.9 Å². The molecule has 1 amide bonds. The molecule has 0 radical (unpaired) electrons. The van der Waals surface area contributed by atoms with Crippen LogP contribution in [0.5, 0.6) is 11.5 Å². The zero-order valence-corrected chi connectivity index (χ0v) is 15.3. The predicted molar refractivity (Wildman–Crippen MR) is 98.1 cm³/mol. The van der Waals surface area contributed by atoms with Crippen LogP contribution in [0, 0.1) is 12.8 Å². The molecule has 2 N–H and O–H groups in total. The van der Waals surface area contributed by atoms with E-state index in [4.69, 9.17) is 19.9 Å². The lowest BCUT2D eigenvalue weighted by molar-refractivity contribution is 0.0948. The molecule has 2 unspecified atom stereocenters. The van der Waals surface area contributed by atoms with E-state index >= 15 is 0 Å². The van der Waals surface area contributed by atoms with E-state index in [9.17, 15) is 4.79 Å². The van der Waals surface area contributed by atoms with E-state index in [1.54, 1.807) is 0 Å². The highest BCUT2D eigenvalue weighted by molar-refractivity contribution is 5.75. The molecule has 6 heteroatoms. The van der Waals surface area contributed by atoms with Gasteiger partial charge in [0.15, 0.2) is 0 Å². The SMILES string of the molecule is Cc1cc2c(cn1)COc1cc(OCC(C)CC(C)OC(N)=O)ccc1-2. The summed E-state index contributed by atoms with van der Waals surface area (Å²) < 4.78 is 16.7. The van der Waals surface area contributed by atoms with Gasteiger partial charge < -0.3 is 19.9 Å². The van der Waals surface area contributed by atoms with Gasteiger partial charge in [-0.15, -0.1) is 0 Å². The van der Waals surface area contributed by atoms with E-state index in [-0.39, 0.29) is 12.0 Å². The lowest BCUT2D eigenvalue weighted by Crippen LogP contribution is -2.23. The van der Waals surface area contributed by atoms with Crippen molar-refractivity contribution >= 4 is 6.09 Å². The van der Waals surface area contributed by atoms with Crippen LogP contribution >= 0.6 is 0 Å². The average molecular weight is 356 g/mol. The molecule has 2 atom stereocenters. The highest BCUT2D eigenvalue weighted by Crippen LogP contribution is 2.39. The maximum Gasteiger partial charge on any atom is 0.404 e. The zero-order valence-electron chi connectivity index (χ0n) is 15.3. The molecule has 3 rings (SSSR count). The Balaban J connectivity index is 1.64. The number of nitrogens with two attached hydrogens (primary N) is 1. The van der Waals surface area contributed by atoms with Crippen LogP contribution in [0.15, 0.2) is 30.5 Å². The first-order chi connectivity index (χ1) is 12.4. The molecule has 2 heterocycles. The van der Waals surface area contributed by atoms with E-state index in [2.05, 4.69) is 11.1 Å². The summed E-state index contributed by atoms with van der Waals surface area (Å²) in [5.74, 6) is 1.79. The number of aromatic nitrogens is 1. The maximum absolute atomic E-state index is 10.8. The lowest BCUT2D eigenvalue weighted by Gasteiger charge is -2.22. The third kappa shape index (κ3) is 4.25. The van der Waals surface area contributed by atoms with Crippen molar-refractivity contribution < 1.29 is 19.0 Å². The molecule has 0 fully saturated rings. The monoisotopic (exact) mass is 356 g/mol. The summed E-state index contributed by atoms with van der Waals surface area (Å²) in [4.78, 5) is 15.1. The number of amides is 1. The molecule has 0 saturated heterocycles. The fourth-order valence-electron chi connectivity index (χ4n) is 3.16. The predicted octanol–water partition coefficient (Wildman–Crippen LogP) is 3.84. The molecule has 1 aromatic heterocycles. The molecular formula is C20H24N2O4. The van der Waals surface area contributed by atoms with Crippen molar-refractivity contribution in [3.8, 4) is 22.6 Å². The number of primary amides is 1. The highest BCUT2D eigenvalue weighted by atomic mass is 16.6. The van der Waals surface area contributed by atoms with Gasteiger partial charge in [-0.3, -0.25) is 4.98 Å². The second kappa shape index (κ2) is 7.64. The number of fused-ring (bicyclic) bond motifs is 3. The van der Waals surface area contributed by atoms with Gasteiger partial charge in [-0.25, -0.2) is 4.79 Å². The number of rotatable bonds is 6. The normalized spacial score (nSPS) is 14.4. The van der Waals surface area contributed by atoms with Crippen LogP contribution in [0.2, 0.25) is 0 Å². The molecule has 2 aromatic rings. The van der Waals surface area contributed by atoms with Crippen molar-refractivity contribution in [2.75, 3.05) is 6.61 Å². The maximum atomic E-state index is 10.8. The van der Waals surface area contributed by atoms with Crippen molar-refractivity contribution in [3.05, 3.63) is 41.7 Å². The molecule has 1 aliphatic heterocycles. The average Bonchev–Trinajstić information content (AvgIpc) is 2.58. The van der Waals surface area contributed by atoms with Crippen LogP contribution in [0.3, 0.4) is 0 Å². The summed E-state index contributed by atoms with van der Waals surface area (Å²) in [5.41, 5.74) is 9.33. The van der Waals surface area contributed by atoms with Gasteiger partial charge in [0.05, 0.1) is 6.61 Å². The highest BCUT2D eigenvalue weighted by Gasteiger charge is 2.19. The Bertz CT molecular complexity index is 806. The zero-order chi connectivity index (χ0) is 18.7. The van der Waals surface area contributed by atoms with Crippen LogP contribution in [-0.2, 0) is 11.3 Å². The topological polar surface area (TPSA) is 83.7 Å². The molecule has 1 aromatic carbocycles. The summed E-state index contributed by atoms with van der Waals surface area (Å²) in [6.07, 6.45) is 1.58. The minimum atomic E-state index is -0.747. The Morgan fingerprint density at radius 3 is 2.88 bits per heavy atom.